The summed E-state index contributed by atoms with van der Waals surface area (Å²) in [6, 6.07) is 2.25. The van der Waals surface area contributed by atoms with Crippen LogP contribution in [0.5, 0.6) is 0 Å². The molecule has 2 heterocycles. The van der Waals surface area contributed by atoms with Crippen molar-refractivity contribution >= 4 is 17.5 Å². The molecule has 1 aromatic heterocycles. The van der Waals surface area contributed by atoms with Crippen LogP contribution >= 0.6 is 11.6 Å². The van der Waals surface area contributed by atoms with E-state index in [4.69, 9.17) is 11.6 Å². The summed E-state index contributed by atoms with van der Waals surface area (Å²) in [5.74, 6) is 1.48. The van der Waals surface area contributed by atoms with Crippen LogP contribution in [-0.4, -0.2) is 28.4 Å². The van der Waals surface area contributed by atoms with E-state index >= 15 is 0 Å². The number of anilines is 1. The van der Waals surface area contributed by atoms with Crippen LogP contribution in [0.25, 0.3) is 0 Å². The molecular weight excluding hydrogens is 186 g/mol. The molecule has 4 heteroatoms. The Morgan fingerprint density at radius 3 is 2.92 bits per heavy atom. The Hall–Kier alpha value is -0.830. The molecule has 13 heavy (non-hydrogen) atoms. The number of hydrogen-bond donors (Lipinski definition) is 0. The largest absolute Gasteiger partial charge is 0.337 e. The van der Waals surface area contributed by atoms with Crippen LogP contribution in [0.2, 0.25) is 0 Å². The van der Waals surface area contributed by atoms with Gasteiger partial charge in [0.1, 0.15) is 0 Å². The second kappa shape index (κ2) is 3.92. The summed E-state index contributed by atoms with van der Waals surface area (Å²) in [6.45, 7) is 1.03. The van der Waals surface area contributed by atoms with E-state index in [-0.39, 0.29) is 0 Å². The van der Waals surface area contributed by atoms with E-state index in [2.05, 4.69) is 14.9 Å². The molecule has 0 amide bonds. The topological polar surface area (TPSA) is 29.0 Å². The molecule has 1 saturated heterocycles. The monoisotopic (exact) mass is 197 g/mol. The molecule has 1 aliphatic heterocycles. The lowest BCUT2D eigenvalue weighted by molar-refractivity contribution is 0.723. The van der Waals surface area contributed by atoms with Crippen molar-refractivity contribution < 1.29 is 0 Å². The molecule has 1 fully saturated rings. The zero-order valence-corrected chi connectivity index (χ0v) is 8.11. The maximum atomic E-state index is 5.86. The maximum absolute atomic E-state index is 5.86. The standard InChI is InChI=1S/C9H12ClN3/c10-7-8-3-1-6-13(8)9-11-4-2-5-12-9/h2,4-5,8H,1,3,6-7H2. The van der Waals surface area contributed by atoms with E-state index in [1.807, 2.05) is 6.07 Å². The Bertz CT molecular complexity index is 265. The number of hydrogen-bond acceptors (Lipinski definition) is 3. The van der Waals surface area contributed by atoms with Crippen LogP contribution in [0.3, 0.4) is 0 Å². The average Bonchev–Trinajstić information content (AvgIpc) is 2.67. The molecule has 0 aliphatic carbocycles. The van der Waals surface area contributed by atoms with E-state index in [0.29, 0.717) is 11.9 Å². The smallest absolute Gasteiger partial charge is 0.225 e. The summed E-state index contributed by atoms with van der Waals surface area (Å²) in [4.78, 5) is 10.6. The number of aromatic nitrogens is 2. The molecule has 0 aromatic carbocycles. The summed E-state index contributed by atoms with van der Waals surface area (Å²) in [5, 5.41) is 0. The maximum Gasteiger partial charge on any atom is 0.225 e. The Morgan fingerprint density at radius 1 is 1.46 bits per heavy atom. The molecule has 2 rings (SSSR count). The molecular formula is C9H12ClN3. The minimum atomic E-state index is 0.420. The van der Waals surface area contributed by atoms with Crippen LogP contribution in [0.15, 0.2) is 18.5 Å². The van der Waals surface area contributed by atoms with Crippen LogP contribution < -0.4 is 4.90 Å². The van der Waals surface area contributed by atoms with Gasteiger partial charge in [-0.2, -0.15) is 0 Å². The molecule has 3 nitrogen and oxygen atoms in total. The average molecular weight is 198 g/mol. The molecule has 1 aromatic rings. The predicted molar refractivity (Wildman–Crippen MR) is 53.1 cm³/mol. The van der Waals surface area contributed by atoms with Gasteiger partial charge in [0.15, 0.2) is 0 Å². The van der Waals surface area contributed by atoms with Gasteiger partial charge in [-0.25, -0.2) is 9.97 Å². The third kappa shape index (κ3) is 1.75. The van der Waals surface area contributed by atoms with E-state index in [1.165, 1.54) is 6.42 Å². The first kappa shape index (κ1) is 8.75. The van der Waals surface area contributed by atoms with Gasteiger partial charge in [0.05, 0.1) is 0 Å². The minimum absolute atomic E-state index is 0.420. The van der Waals surface area contributed by atoms with Gasteiger partial charge in [-0.1, -0.05) is 0 Å². The number of rotatable bonds is 2. The van der Waals surface area contributed by atoms with E-state index in [0.717, 1.165) is 18.9 Å². The zero-order chi connectivity index (χ0) is 9.10. The fourth-order valence-corrected chi connectivity index (χ4v) is 2.02. The normalized spacial score (nSPS) is 22.2. The van der Waals surface area contributed by atoms with Crippen molar-refractivity contribution in [2.24, 2.45) is 0 Å². The van der Waals surface area contributed by atoms with Gasteiger partial charge in [-0.3, -0.25) is 0 Å². The van der Waals surface area contributed by atoms with E-state index in [9.17, 15) is 0 Å². The van der Waals surface area contributed by atoms with Crippen LogP contribution in [0, 0.1) is 0 Å². The first-order valence-corrected chi connectivity index (χ1v) is 5.05. The fourth-order valence-electron chi connectivity index (χ4n) is 1.70. The second-order valence-electron chi connectivity index (χ2n) is 3.19. The fraction of sp³-hybridized carbons (Fsp3) is 0.556. The van der Waals surface area contributed by atoms with Gasteiger partial charge < -0.3 is 4.90 Å². The quantitative estimate of drug-likeness (QED) is 0.676. The lowest BCUT2D eigenvalue weighted by Crippen LogP contribution is -2.31. The van der Waals surface area contributed by atoms with Crippen molar-refractivity contribution in [1.82, 2.24) is 9.97 Å². The lowest BCUT2D eigenvalue weighted by Gasteiger charge is -2.22. The first-order chi connectivity index (χ1) is 6.42. The highest BCUT2D eigenvalue weighted by molar-refractivity contribution is 6.18. The SMILES string of the molecule is ClCC1CCCN1c1ncccn1. The highest BCUT2D eigenvalue weighted by atomic mass is 35.5. The molecule has 0 spiro atoms. The van der Waals surface area contributed by atoms with E-state index < -0.39 is 0 Å². The summed E-state index contributed by atoms with van der Waals surface area (Å²) in [5.41, 5.74) is 0. The molecule has 1 aliphatic rings. The third-order valence-corrected chi connectivity index (χ3v) is 2.72. The summed E-state index contributed by atoms with van der Waals surface area (Å²) in [7, 11) is 0. The molecule has 0 saturated carbocycles. The molecule has 70 valence electrons. The Labute approximate surface area is 82.8 Å². The summed E-state index contributed by atoms with van der Waals surface area (Å²) < 4.78 is 0. The Kier molecular flexibility index (Phi) is 2.64. The number of nitrogens with zero attached hydrogens (tertiary/aromatic N) is 3. The van der Waals surface area contributed by atoms with Crippen molar-refractivity contribution in [3.63, 3.8) is 0 Å². The lowest BCUT2D eigenvalue weighted by atomic mass is 10.2. The minimum Gasteiger partial charge on any atom is -0.337 e. The highest BCUT2D eigenvalue weighted by Gasteiger charge is 2.25. The first-order valence-electron chi connectivity index (χ1n) is 4.51. The van der Waals surface area contributed by atoms with Crippen molar-refractivity contribution in [2.45, 2.75) is 18.9 Å². The van der Waals surface area contributed by atoms with Crippen molar-refractivity contribution in [3.05, 3.63) is 18.5 Å². The van der Waals surface area contributed by atoms with Gasteiger partial charge in [0.25, 0.3) is 0 Å². The predicted octanol–water partition coefficient (Wildman–Crippen LogP) is 1.68. The van der Waals surface area contributed by atoms with Gasteiger partial charge >= 0.3 is 0 Å². The van der Waals surface area contributed by atoms with Gasteiger partial charge in [-0.05, 0) is 18.9 Å². The van der Waals surface area contributed by atoms with Crippen molar-refractivity contribution in [3.8, 4) is 0 Å². The Morgan fingerprint density at radius 2 is 2.23 bits per heavy atom. The molecule has 1 atom stereocenters. The zero-order valence-electron chi connectivity index (χ0n) is 7.36. The van der Waals surface area contributed by atoms with Crippen LogP contribution in [0.4, 0.5) is 5.95 Å². The number of halogens is 1. The Balaban J connectivity index is 2.16. The number of alkyl halides is 1. The molecule has 1 unspecified atom stereocenters. The highest BCUT2D eigenvalue weighted by Crippen LogP contribution is 2.22. The van der Waals surface area contributed by atoms with E-state index in [1.54, 1.807) is 12.4 Å². The van der Waals surface area contributed by atoms with Gasteiger partial charge in [-0.15, -0.1) is 11.6 Å². The molecule has 0 radical (unpaired) electrons. The third-order valence-electron chi connectivity index (χ3n) is 2.36. The van der Waals surface area contributed by atoms with Gasteiger partial charge in [0, 0.05) is 30.9 Å². The van der Waals surface area contributed by atoms with Crippen molar-refractivity contribution in [2.75, 3.05) is 17.3 Å². The van der Waals surface area contributed by atoms with Crippen LogP contribution in [-0.2, 0) is 0 Å². The summed E-state index contributed by atoms with van der Waals surface area (Å²) in [6.07, 6.45) is 5.88. The molecule has 0 bridgehead atoms. The van der Waals surface area contributed by atoms with Crippen molar-refractivity contribution in [1.29, 1.82) is 0 Å². The molecule has 0 N–H and O–H groups in total. The van der Waals surface area contributed by atoms with Gasteiger partial charge in [0.2, 0.25) is 5.95 Å². The second-order valence-corrected chi connectivity index (χ2v) is 3.50. The van der Waals surface area contributed by atoms with Crippen LogP contribution in [0.1, 0.15) is 12.8 Å². The summed E-state index contributed by atoms with van der Waals surface area (Å²) >= 11 is 5.86.